The van der Waals surface area contributed by atoms with Crippen LogP contribution in [0.25, 0.3) is 5.69 Å². The van der Waals surface area contributed by atoms with Crippen LogP contribution < -0.4 is 5.56 Å². The Labute approximate surface area is 157 Å². The van der Waals surface area contributed by atoms with Gasteiger partial charge in [-0.05, 0) is 49.9 Å². The number of fused-ring (bicyclic) bond motifs is 1. The Hall–Kier alpha value is -1.20. The van der Waals surface area contributed by atoms with E-state index in [2.05, 4.69) is 39.0 Å². The lowest BCUT2D eigenvalue weighted by Gasteiger charge is -2.17. The van der Waals surface area contributed by atoms with E-state index in [1.165, 1.54) is 36.8 Å². The molecule has 1 atom stereocenters. The number of hydrogen-bond acceptors (Lipinski definition) is 4. The molecule has 1 aromatic heterocycles. The molecule has 1 aliphatic heterocycles. The third-order valence-electron chi connectivity index (χ3n) is 4.92. The molecule has 5 heteroatoms. The molecular formula is C20H24N2OS2. The Balaban J connectivity index is 1.87. The molecule has 3 nitrogen and oxygen atoms in total. The maximum Gasteiger partial charge on any atom is 0.272 e. The highest BCUT2D eigenvalue weighted by Crippen LogP contribution is 2.38. The summed E-state index contributed by atoms with van der Waals surface area (Å²) < 4.78 is 1.87. The summed E-state index contributed by atoms with van der Waals surface area (Å²) in [5.41, 5.74) is 4.44. The summed E-state index contributed by atoms with van der Waals surface area (Å²) >= 11 is 3.49. The lowest BCUT2D eigenvalue weighted by Crippen LogP contribution is -2.24. The summed E-state index contributed by atoms with van der Waals surface area (Å²) in [5, 5.41) is 1.92. The van der Waals surface area contributed by atoms with Gasteiger partial charge in [0.15, 0.2) is 5.16 Å². The number of nitrogens with zero attached hydrogens (tertiary/aromatic N) is 2. The van der Waals surface area contributed by atoms with Crippen LogP contribution in [0.4, 0.5) is 0 Å². The summed E-state index contributed by atoms with van der Waals surface area (Å²) in [4.78, 5) is 19.1. The Bertz CT molecular complexity index is 848. The molecule has 0 amide bonds. The second kappa shape index (κ2) is 6.84. The van der Waals surface area contributed by atoms with E-state index >= 15 is 0 Å². The van der Waals surface area contributed by atoms with Crippen LogP contribution in [0.3, 0.4) is 0 Å². The highest BCUT2D eigenvalue weighted by molar-refractivity contribution is 8.00. The van der Waals surface area contributed by atoms with Crippen molar-refractivity contribution in [1.82, 2.24) is 9.55 Å². The van der Waals surface area contributed by atoms with Crippen LogP contribution in [-0.4, -0.2) is 20.1 Å². The molecule has 1 aromatic carbocycles. The molecular weight excluding hydrogens is 348 g/mol. The molecule has 25 heavy (non-hydrogen) atoms. The van der Waals surface area contributed by atoms with Gasteiger partial charge in [-0.15, -0.1) is 11.8 Å². The highest BCUT2D eigenvalue weighted by Gasteiger charge is 2.28. The molecule has 0 N–H and O–H groups in total. The fraction of sp³-hybridized carbons (Fsp3) is 0.500. The van der Waals surface area contributed by atoms with Gasteiger partial charge in [-0.1, -0.05) is 37.6 Å². The number of thioether (sulfide) groups is 2. The van der Waals surface area contributed by atoms with E-state index in [9.17, 15) is 4.79 Å². The van der Waals surface area contributed by atoms with Crippen molar-refractivity contribution in [3.05, 3.63) is 45.4 Å². The maximum absolute atomic E-state index is 13.3. The number of hydrogen-bond donors (Lipinski definition) is 0. The second-order valence-corrected chi connectivity index (χ2v) is 10.0. The van der Waals surface area contributed by atoms with Gasteiger partial charge >= 0.3 is 0 Å². The molecule has 0 spiro atoms. The number of aromatic nitrogens is 2. The van der Waals surface area contributed by atoms with Crippen molar-refractivity contribution in [2.75, 3.05) is 0 Å². The topological polar surface area (TPSA) is 34.9 Å². The first-order valence-corrected chi connectivity index (χ1v) is 10.8. The van der Waals surface area contributed by atoms with E-state index in [1.54, 1.807) is 11.8 Å². The first-order chi connectivity index (χ1) is 12.0. The zero-order valence-corrected chi connectivity index (χ0v) is 16.7. The number of aryl methyl sites for hydroxylation is 2. The van der Waals surface area contributed by atoms with Crippen LogP contribution in [0.1, 0.15) is 49.4 Å². The highest BCUT2D eigenvalue weighted by atomic mass is 32.2. The fourth-order valence-electron chi connectivity index (χ4n) is 3.84. The monoisotopic (exact) mass is 372 g/mol. The molecule has 0 saturated heterocycles. The largest absolute Gasteiger partial charge is 0.272 e. The molecule has 0 bridgehead atoms. The third-order valence-corrected chi connectivity index (χ3v) is 7.42. The van der Waals surface area contributed by atoms with Crippen molar-refractivity contribution < 1.29 is 0 Å². The second-order valence-electron chi connectivity index (χ2n) is 7.31. The molecule has 2 heterocycles. The Morgan fingerprint density at radius 1 is 1.16 bits per heavy atom. The third kappa shape index (κ3) is 3.41. The Morgan fingerprint density at radius 2 is 1.84 bits per heavy atom. The van der Waals surface area contributed by atoms with Gasteiger partial charge in [-0.2, -0.15) is 0 Å². The molecule has 2 aliphatic rings. The van der Waals surface area contributed by atoms with Gasteiger partial charge in [-0.25, -0.2) is 4.98 Å². The summed E-state index contributed by atoms with van der Waals surface area (Å²) in [6.45, 7) is 6.35. The minimum Gasteiger partial charge on any atom is -0.268 e. The molecule has 0 unspecified atom stereocenters. The zero-order valence-electron chi connectivity index (χ0n) is 15.0. The molecule has 0 radical (unpaired) electrons. The van der Waals surface area contributed by atoms with Gasteiger partial charge < -0.3 is 0 Å². The van der Waals surface area contributed by atoms with E-state index in [-0.39, 0.29) is 5.56 Å². The van der Waals surface area contributed by atoms with Crippen molar-refractivity contribution in [3.63, 3.8) is 0 Å². The van der Waals surface area contributed by atoms with Crippen LogP contribution in [0.15, 0.2) is 33.0 Å². The van der Waals surface area contributed by atoms with Gasteiger partial charge in [0, 0.05) is 16.9 Å². The summed E-state index contributed by atoms with van der Waals surface area (Å²) in [6, 6.07) is 6.35. The van der Waals surface area contributed by atoms with E-state index in [0.717, 1.165) is 27.9 Å². The average Bonchev–Trinajstić information content (AvgIpc) is 3.15. The lowest BCUT2D eigenvalue weighted by atomic mass is 10.1. The number of rotatable bonds is 3. The van der Waals surface area contributed by atoms with Gasteiger partial charge in [0.2, 0.25) is 0 Å². The van der Waals surface area contributed by atoms with Crippen LogP contribution in [0.5, 0.6) is 0 Å². The number of benzene rings is 1. The fourth-order valence-corrected chi connectivity index (χ4v) is 6.27. The molecule has 1 fully saturated rings. The van der Waals surface area contributed by atoms with Gasteiger partial charge in [0.1, 0.15) is 0 Å². The van der Waals surface area contributed by atoms with Crippen LogP contribution in [-0.2, 0) is 6.42 Å². The van der Waals surface area contributed by atoms with Crippen LogP contribution >= 0.6 is 23.5 Å². The minimum absolute atomic E-state index is 0.116. The Kier molecular flexibility index (Phi) is 4.71. The van der Waals surface area contributed by atoms with Crippen molar-refractivity contribution in [1.29, 1.82) is 0 Å². The SMILES string of the molecule is Cc1cc(C)cc(-n2c(SC3CCCC3)nc3c(c2=O)S[C@@H](C)C3)c1. The van der Waals surface area contributed by atoms with Crippen molar-refractivity contribution >= 4 is 23.5 Å². The normalized spacial score (nSPS) is 20.2. The lowest BCUT2D eigenvalue weighted by molar-refractivity contribution is 0.725. The predicted molar refractivity (Wildman–Crippen MR) is 106 cm³/mol. The molecule has 1 aliphatic carbocycles. The average molecular weight is 373 g/mol. The zero-order chi connectivity index (χ0) is 17.6. The molecule has 4 rings (SSSR count). The van der Waals surface area contributed by atoms with Gasteiger partial charge in [0.25, 0.3) is 5.56 Å². The standard InChI is InChI=1S/C20H24N2OS2/c1-12-8-13(2)10-15(9-12)22-19(23)18-17(11-14(3)24-18)21-20(22)25-16-6-4-5-7-16/h8-10,14,16H,4-7,11H2,1-3H3/t14-/m0/s1. The molecule has 2 aromatic rings. The van der Waals surface area contributed by atoms with Crippen molar-refractivity contribution in [2.45, 2.75) is 73.4 Å². The Morgan fingerprint density at radius 3 is 2.52 bits per heavy atom. The van der Waals surface area contributed by atoms with E-state index in [0.29, 0.717) is 10.5 Å². The van der Waals surface area contributed by atoms with Crippen LogP contribution in [0.2, 0.25) is 0 Å². The van der Waals surface area contributed by atoms with Gasteiger partial charge in [0.05, 0.1) is 16.3 Å². The first-order valence-electron chi connectivity index (χ1n) is 9.09. The van der Waals surface area contributed by atoms with E-state index in [1.807, 2.05) is 16.3 Å². The summed E-state index contributed by atoms with van der Waals surface area (Å²) in [7, 11) is 0. The van der Waals surface area contributed by atoms with Crippen LogP contribution in [0, 0.1) is 13.8 Å². The predicted octanol–water partition coefficient (Wildman–Crippen LogP) is 4.92. The van der Waals surface area contributed by atoms with E-state index < -0.39 is 0 Å². The maximum atomic E-state index is 13.3. The summed E-state index contributed by atoms with van der Waals surface area (Å²) in [5.74, 6) is 0. The summed E-state index contributed by atoms with van der Waals surface area (Å²) in [6.07, 6.45) is 5.96. The minimum atomic E-state index is 0.116. The quantitative estimate of drug-likeness (QED) is 0.716. The van der Waals surface area contributed by atoms with Crippen molar-refractivity contribution in [2.24, 2.45) is 0 Å². The van der Waals surface area contributed by atoms with Gasteiger partial charge in [-0.3, -0.25) is 9.36 Å². The first kappa shape index (κ1) is 17.2. The smallest absolute Gasteiger partial charge is 0.268 e. The molecule has 1 saturated carbocycles. The van der Waals surface area contributed by atoms with Crippen molar-refractivity contribution in [3.8, 4) is 5.69 Å². The molecule has 132 valence electrons. The van der Waals surface area contributed by atoms with E-state index in [4.69, 9.17) is 4.98 Å².